The fraction of sp³-hybridized carbons (Fsp3) is 0.750. The third kappa shape index (κ3) is 9.41. The lowest BCUT2D eigenvalue weighted by molar-refractivity contribution is -0.138. The van der Waals surface area contributed by atoms with E-state index in [1.807, 2.05) is 0 Å². The van der Waals surface area contributed by atoms with E-state index in [1.54, 1.807) is 0 Å². The first-order chi connectivity index (χ1) is 7.20. The standard InChI is InChI=1S/C8H14O7S/c1-16(13,14)15-6(5-8(11)12)3-2-4-7(9)10/h6H,2-5H2,1H3,(H,9,10)(H,11,12)/t6-/m0/s1. The molecule has 0 heterocycles. The van der Waals surface area contributed by atoms with E-state index in [4.69, 9.17) is 10.2 Å². The summed E-state index contributed by atoms with van der Waals surface area (Å²) >= 11 is 0. The Morgan fingerprint density at radius 1 is 1.25 bits per heavy atom. The first-order valence-electron chi connectivity index (χ1n) is 4.52. The molecule has 0 fully saturated rings. The maximum atomic E-state index is 10.8. The highest BCUT2D eigenvalue weighted by Crippen LogP contribution is 2.11. The summed E-state index contributed by atoms with van der Waals surface area (Å²) in [6, 6.07) is 0. The average molecular weight is 254 g/mol. The zero-order valence-electron chi connectivity index (χ0n) is 8.75. The number of hydrogen-bond acceptors (Lipinski definition) is 5. The zero-order valence-corrected chi connectivity index (χ0v) is 9.57. The summed E-state index contributed by atoms with van der Waals surface area (Å²) in [6.07, 6.45) is -0.560. The molecular formula is C8H14O7S. The van der Waals surface area contributed by atoms with Crippen molar-refractivity contribution in [3.05, 3.63) is 0 Å². The van der Waals surface area contributed by atoms with E-state index >= 15 is 0 Å². The first-order valence-corrected chi connectivity index (χ1v) is 6.34. The van der Waals surface area contributed by atoms with Crippen molar-refractivity contribution in [1.29, 1.82) is 0 Å². The van der Waals surface area contributed by atoms with Gasteiger partial charge in [-0.25, -0.2) is 0 Å². The second-order valence-electron chi connectivity index (χ2n) is 3.31. The second-order valence-corrected chi connectivity index (χ2v) is 4.91. The van der Waals surface area contributed by atoms with Gasteiger partial charge in [0.25, 0.3) is 10.1 Å². The van der Waals surface area contributed by atoms with Crippen LogP contribution in [0.1, 0.15) is 25.7 Å². The van der Waals surface area contributed by atoms with Crippen LogP contribution in [-0.2, 0) is 23.9 Å². The van der Waals surface area contributed by atoms with Crippen molar-refractivity contribution in [3.8, 4) is 0 Å². The van der Waals surface area contributed by atoms with Crippen LogP contribution < -0.4 is 0 Å². The van der Waals surface area contributed by atoms with Gasteiger partial charge in [-0.2, -0.15) is 8.42 Å². The molecule has 0 aromatic rings. The van der Waals surface area contributed by atoms with E-state index in [2.05, 4.69) is 4.18 Å². The van der Waals surface area contributed by atoms with Crippen LogP contribution in [0.25, 0.3) is 0 Å². The molecule has 0 aliphatic carbocycles. The molecule has 7 nitrogen and oxygen atoms in total. The molecule has 2 N–H and O–H groups in total. The second kappa shape index (κ2) is 6.44. The Kier molecular flexibility index (Phi) is 5.97. The molecule has 1 atom stereocenters. The van der Waals surface area contributed by atoms with Gasteiger partial charge in [0.15, 0.2) is 0 Å². The minimum absolute atomic E-state index is 0.0751. The number of carbonyl (C=O) groups is 2. The summed E-state index contributed by atoms with van der Waals surface area (Å²) < 4.78 is 26.1. The number of carboxylic acid groups (broad SMARTS) is 2. The van der Waals surface area contributed by atoms with Crippen molar-refractivity contribution < 1.29 is 32.4 Å². The highest BCUT2D eigenvalue weighted by Gasteiger charge is 2.19. The van der Waals surface area contributed by atoms with Crippen LogP contribution in [0.4, 0.5) is 0 Å². The first kappa shape index (κ1) is 14.8. The SMILES string of the molecule is CS(=O)(=O)O[C@@H](CCCC(=O)O)CC(=O)O. The highest BCUT2D eigenvalue weighted by molar-refractivity contribution is 7.86. The molecular weight excluding hydrogens is 240 g/mol. The van der Waals surface area contributed by atoms with Crippen LogP contribution in [0, 0.1) is 0 Å². The summed E-state index contributed by atoms with van der Waals surface area (Å²) in [5.74, 6) is -2.21. The molecule has 0 unspecified atom stereocenters. The Bertz CT molecular complexity index is 345. The maximum absolute atomic E-state index is 10.8. The quantitative estimate of drug-likeness (QED) is 0.588. The molecule has 0 saturated carbocycles. The molecule has 0 rings (SSSR count). The van der Waals surface area contributed by atoms with Gasteiger partial charge in [0.2, 0.25) is 0 Å². The van der Waals surface area contributed by atoms with Gasteiger partial charge in [-0.1, -0.05) is 0 Å². The van der Waals surface area contributed by atoms with Gasteiger partial charge in [-0.15, -0.1) is 0 Å². The smallest absolute Gasteiger partial charge is 0.306 e. The van der Waals surface area contributed by atoms with Gasteiger partial charge in [-0.05, 0) is 12.8 Å². The monoisotopic (exact) mass is 254 g/mol. The highest BCUT2D eigenvalue weighted by atomic mass is 32.2. The minimum Gasteiger partial charge on any atom is -0.481 e. The van der Waals surface area contributed by atoms with Crippen LogP contribution in [0.5, 0.6) is 0 Å². The van der Waals surface area contributed by atoms with E-state index in [0.717, 1.165) is 6.26 Å². The molecule has 0 spiro atoms. The Hall–Kier alpha value is -1.15. The van der Waals surface area contributed by atoms with Crippen molar-refractivity contribution in [2.24, 2.45) is 0 Å². The molecule has 0 amide bonds. The Morgan fingerprint density at radius 2 is 1.81 bits per heavy atom. The van der Waals surface area contributed by atoms with Crippen molar-refractivity contribution >= 4 is 22.1 Å². The van der Waals surface area contributed by atoms with Gasteiger partial charge < -0.3 is 10.2 Å². The van der Waals surface area contributed by atoms with E-state index in [1.165, 1.54) is 0 Å². The zero-order chi connectivity index (χ0) is 12.8. The predicted octanol–water partition coefficient (Wildman–Crippen LogP) is 0.0608. The molecule has 0 aliphatic rings. The van der Waals surface area contributed by atoms with Crippen LogP contribution in [0.15, 0.2) is 0 Å². The summed E-state index contributed by atoms with van der Waals surface area (Å²) in [6.45, 7) is 0. The lowest BCUT2D eigenvalue weighted by atomic mass is 10.1. The summed E-state index contributed by atoms with van der Waals surface area (Å²) in [5, 5.41) is 16.9. The fourth-order valence-electron chi connectivity index (χ4n) is 1.11. The van der Waals surface area contributed by atoms with Crippen molar-refractivity contribution in [2.75, 3.05) is 6.26 Å². The molecule has 0 aliphatic heterocycles. The predicted molar refractivity (Wildman–Crippen MR) is 53.5 cm³/mol. The Labute approximate surface area is 93.2 Å². The molecule has 94 valence electrons. The lowest BCUT2D eigenvalue weighted by Gasteiger charge is -2.13. The number of aliphatic carboxylic acids is 2. The third-order valence-corrected chi connectivity index (χ3v) is 2.25. The van der Waals surface area contributed by atoms with Crippen molar-refractivity contribution in [2.45, 2.75) is 31.8 Å². The largest absolute Gasteiger partial charge is 0.481 e. The molecule has 8 heteroatoms. The van der Waals surface area contributed by atoms with E-state index in [9.17, 15) is 18.0 Å². The van der Waals surface area contributed by atoms with Gasteiger partial charge in [0, 0.05) is 6.42 Å². The van der Waals surface area contributed by atoms with Crippen molar-refractivity contribution in [1.82, 2.24) is 0 Å². The molecule has 0 saturated heterocycles. The number of carboxylic acids is 2. The summed E-state index contributed by atoms with van der Waals surface area (Å²) in [4.78, 5) is 20.6. The molecule has 0 aromatic heterocycles. The van der Waals surface area contributed by atoms with Gasteiger partial charge in [-0.3, -0.25) is 13.8 Å². The lowest BCUT2D eigenvalue weighted by Crippen LogP contribution is -2.21. The molecule has 0 radical (unpaired) electrons. The van der Waals surface area contributed by atoms with E-state index < -0.39 is 34.6 Å². The number of rotatable bonds is 8. The third-order valence-electron chi connectivity index (χ3n) is 1.63. The van der Waals surface area contributed by atoms with Gasteiger partial charge in [0.1, 0.15) is 0 Å². The van der Waals surface area contributed by atoms with Crippen LogP contribution in [-0.4, -0.2) is 42.9 Å². The maximum Gasteiger partial charge on any atom is 0.306 e. The van der Waals surface area contributed by atoms with E-state index in [0.29, 0.717) is 0 Å². The van der Waals surface area contributed by atoms with Crippen molar-refractivity contribution in [3.63, 3.8) is 0 Å². The fourth-order valence-corrected chi connectivity index (χ4v) is 1.77. The minimum atomic E-state index is -3.73. The molecule has 16 heavy (non-hydrogen) atoms. The average Bonchev–Trinajstić information content (AvgIpc) is 1.98. The van der Waals surface area contributed by atoms with Gasteiger partial charge >= 0.3 is 11.9 Å². The van der Waals surface area contributed by atoms with Crippen LogP contribution >= 0.6 is 0 Å². The van der Waals surface area contributed by atoms with Crippen LogP contribution in [0.2, 0.25) is 0 Å². The summed E-state index contributed by atoms with van der Waals surface area (Å²) in [5.41, 5.74) is 0. The normalized spacial score (nSPS) is 13.3. The molecule has 0 aromatic carbocycles. The van der Waals surface area contributed by atoms with E-state index in [-0.39, 0.29) is 19.3 Å². The Balaban J connectivity index is 4.21. The van der Waals surface area contributed by atoms with Gasteiger partial charge in [0.05, 0.1) is 18.8 Å². The molecule has 0 bridgehead atoms. The Morgan fingerprint density at radius 3 is 2.19 bits per heavy atom. The number of hydrogen-bond donors (Lipinski definition) is 2. The van der Waals surface area contributed by atoms with Crippen LogP contribution in [0.3, 0.4) is 0 Å². The topological polar surface area (TPSA) is 118 Å². The summed E-state index contributed by atoms with van der Waals surface area (Å²) in [7, 11) is -3.73.